The van der Waals surface area contributed by atoms with Gasteiger partial charge in [0.1, 0.15) is 5.82 Å². The van der Waals surface area contributed by atoms with Crippen LogP contribution in [0.3, 0.4) is 0 Å². The highest BCUT2D eigenvalue weighted by Crippen LogP contribution is 2.25. The van der Waals surface area contributed by atoms with Crippen molar-refractivity contribution in [1.82, 2.24) is 0 Å². The molecule has 0 aliphatic carbocycles. The smallest absolute Gasteiger partial charge is 0.253 e. The fourth-order valence-electron chi connectivity index (χ4n) is 1.87. The van der Waals surface area contributed by atoms with E-state index >= 15 is 0 Å². The number of rotatable bonds is 5. The maximum Gasteiger partial charge on any atom is 0.253 e. The maximum atomic E-state index is 13.6. The average molecular weight is 253 g/mol. The Morgan fingerprint density at radius 3 is 2.56 bits per heavy atom. The third-order valence-electron chi connectivity index (χ3n) is 2.87. The molecule has 4 nitrogen and oxygen atoms in total. The third-order valence-corrected chi connectivity index (χ3v) is 2.87. The summed E-state index contributed by atoms with van der Waals surface area (Å²) in [5, 5.41) is 0. The van der Waals surface area contributed by atoms with Gasteiger partial charge in [-0.2, -0.15) is 0 Å². The highest BCUT2D eigenvalue weighted by Gasteiger charge is 2.22. The van der Waals surface area contributed by atoms with Gasteiger partial charge in [-0.25, -0.2) is 4.39 Å². The molecule has 0 saturated carbocycles. The molecule has 0 fully saturated rings. The van der Waals surface area contributed by atoms with E-state index in [0.29, 0.717) is 18.8 Å². The van der Waals surface area contributed by atoms with Gasteiger partial charge in [-0.05, 0) is 24.1 Å². The van der Waals surface area contributed by atoms with E-state index < -0.39 is 11.7 Å². The minimum Gasteiger partial charge on any atom is -0.373 e. The molecule has 0 unspecified atom stereocenters. The average Bonchev–Trinajstić information content (AvgIpc) is 2.27. The van der Waals surface area contributed by atoms with Crippen molar-refractivity contribution in [3.63, 3.8) is 0 Å². The van der Waals surface area contributed by atoms with E-state index in [1.807, 2.05) is 13.8 Å². The van der Waals surface area contributed by atoms with E-state index in [4.69, 9.17) is 11.5 Å². The molecular weight excluding hydrogens is 233 g/mol. The number of carbonyl (C=O) groups excluding carboxylic acids is 1. The Morgan fingerprint density at radius 2 is 2.06 bits per heavy atom. The van der Waals surface area contributed by atoms with Crippen LogP contribution in [0.25, 0.3) is 0 Å². The predicted octanol–water partition coefficient (Wildman–Crippen LogP) is 1.35. The van der Waals surface area contributed by atoms with Gasteiger partial charge >= 0.3 is 0 Å². The van der Waals surface area contributed by atoms with Crippen LogP contribution >= 0.6 is 0 Å². The lowest BCUT2D eigenvalue weighted by molar-refractivity contribution is 0.0997. The molecule has 1 rings (SSSR count). The third kappa shape index (κ3) is 3.20. The normalized spacial score (nSPS) is 11.4. The number of halogens is 1. The summed E-state index contributed by atoms with van der Waals surface area (Å²) in [7, 11) is 1.79. The van der Waals surface area contributed by atoms with Crippen molar-refractivity contribution in [2.24, 2.45) is 16.9 Å². The molecule has 0 aromatic heterocycles. The molecule has 0 heterocycles. The van der Waals surface area contributed by atoms with E-state index in [0.717, 1.165) is 0 Å². The van der Waals surface area contributed by atoms with Gasteiger partial charge in [0.2, 0.25) is 0 Å². The number of nitrogens with two attached hydrogens (primary N) is 2. The van der Waals surface area contributed by atoms with Gasteiger partial charge in [0, 0.05) is 13.6 Å². The Labute approximate surface area is 107 Å². The second kappa shape index (κ2) is 5.35. The van der Waals surface area contributed by atoms with Gasteiger partial charge in [0.05, 0.1) is 11.3 Å². The van der Waals surface area contributed by atoms with Crippen LogP contribution in [0.15, 0.2) is 18.2 Å². The Morgan fingerprint density at radius 1 is 1.44 bits per heavy atom. The van der Waals surface area contributed by atoms with Gasteiger partial charge in [0.15, 0.2) is 0 Å². The fourth-order valence-corrected chi connectivity index (χ4v) is 1.87. The highest BCUT2D eigenvalue weighted by molar-refractivity contribution is 5.98. The first kappa shape index (κ1) is 14.4. The summed E-state index contributed by atoms with van der Waals surface area (Å²) < 4.78 is 13.6. The van der Waals surface area contributed by atoms with E-state index in [-0.39, 0.29) is 11.0 Å². The van der Waals surface area contributed by atoms with Gasteiger partial charge in [-0.3, -0.25) is 4.79 Å². The number of hydrogen-bond donors (Lipinski definition) is 2. The number of benzene rings is 1. The molecule has 0 spiro atoms. The molecule has 1 aromatic rings. The molecule has 4 N–H and O–H groups in total. The van der Waals surface area contributed by atoms with Crippen LogP contribution in [0.5, 0.6) is 0 Å². The second-order valence-electron chi connectivity index (χ2n) is 5.22. The predicted molar refractivity (Wildman–Crippen MR) is 71.0 cm³/mol. The minimum atomic E-state index is -0.763. The van der Waals surface area contributed by atoms with Crippen LogP contribution in [-0.4, -0.2) is 26.0 Å². The molecule has 18 heavy (non-hydrogen) atoms. The quantitative estimate of drug-likeness (QED) is 0.832. The SMILES string of the molecule is CN(CC(C)(C)CN)c1cccc(F)c1C(N)=O. The lowest BCUT2D eigenvalue weighted by Crippen LogP contribution is -2.37. The number of anilines is 1. The molecular formula is C13H20FN3O. The number of nitrogens with zero attached hydrogens (tertiary/aromatic N) is 1. The van der Waals surface area contributed by atoms with Crippen molar-refractivity contribution in [3.8, 4) is 0 Å². The Balaban J connectivity index is 3.10. The van der Waals surface area contributed by atoms with E-state index in [1.165, 1.54) is 6.07 Å². The molecule has 1 amide bonds. The standard InChI is InChI=1S/C13H20FN3O/c1-13(2,7-15)8-17(3)10-6-4-5-9(14)11(10)12(16)18/h4-6H,7-8,15H2,1-3H3,(H2,16,18). The van der Waals surface area contributed by atoms with Crippen LogP contribution in [-0.2, 0) is 0 Å². The van der Waals surface area contributed by atoms with E-state index in [1.54, 1.807) is 24.1 Å². The number of hydrogen-bond acceptors (Lipinski definition) is 3. The van der Waals surface area contributed by atoms with Gasteiger partial charge in [0.25, 0.3) is 5.91 Å². The second-order valence-corrected chi connectivity index (χ2v) is 5.22. The fraction of sp³-hybridized carbons (Fsp3) is 0.462. The van der Waals surface area contributed by atoms with Gasteiger partial charge in [-0.1, -0.05) is 19.9 Å². The zero-order valence-corrected chi connectivity index (χ0v) is 11.0. The number of amides is 1. The van der Waals surface area contributed by atoms with Crippen molar-refractivity contribution >= 4 is 11.6 Å². The maximum absolute atomic E-state index is 13.6. The lowest BCUT2D eigenvalue weighted by atomic mass is 9.93. The molecule has 5 heteroatoms. The van der Waals surface area contributed by atoms with Crippen LogP contribution in [0.1, 0.15) is 24.2 Å². The van der Waals surface area contributed by atoms with Gasteiger partial charge < -0.3 is 16.4 Å². The molecule has 100 valence electrons. The topological polar surface area (TPSA) is 72.3 Å². The van der Waals surface area contributed by atoms with Crippen molar-refractivity contribution in [3.05, 3.63) is 29.6 Å². The first-order valence-corrected chi connectivity index (χ1v) is 5.78. The minimum absolute atomic E-state index is 0.0761. The largest absolute Gasteiger partial charge is 0.373 e. The molecule has 1 aromatic carbocycles. The summed E-state index contributed by atoms with van der Waals surface area (Å²) >= 11 is 0. The molecule has 0 bridgehead atoms. The van der Waals surface area contributed by atoms with Gasteiger partial charge in [-0.15, -0.1) is 0 Å². The summed E-state index contributed by atoms with van der Waals surface area (Å²) in [5.74, 6) is -1.36. The zero-order chi connectivity index (χ0) is 13.9. The summed E-state index contributed by atoms with van der Waals surface area (Å²) in [6.07, 6.45) is 0. The molecule has 0 saturated heterocycles. The number of carbonyl (C=O) groups is 1. The molecule has 0 atom stereocenters. The Kier molecular flexibility index (Phi) is 4.29. The highest BCUT2D eigenvalue weighted by atomic mass is 19.1. The van der Waals surface area contributed by atoms with Crippen LogP contribution in [0.2, 0.25) is 0 Å². The molecule has 0 radical (unpaired) electrons. The summed E-state index contributed by atoms with van der Waals surface area (Å²) in [6, 6.07) is 4.46. The monoisotopic (exact) mass is 253 g/mol. The van der Waals surface area contributed by atoms with E-state index in [2.05, 4.69) is 0 Å². The summed E-state index contributed by atoms with van der Waals surface area (Å²) in [5.41, 5.74) is 11.2. The summed E-state index contributed by atoms with van der Waals surface area (Å²) in [6.45, 7) is 5.12. The lowest BCUT2D eigenvalue weighted by Gasteiger charge is -2.31. The van der Waals surface area contributed by atoms with Crippen molar-refractivity contribution < 1.29 is 9.18 Å². The Bertz CT molecular complexity index is 446. The first-order valence-electron chi connectivity index (χ1n) is 5.78. The summed E-state index contributed by atoms with van der Waals surface area (Å²) in [4.78, 5) is 13.1. The number of primary amides is 1. The van der Waals surface area contributed by atoms with Crippen molar-refractivity contribution in [1.29, 1.82) is 0 Å². The van der Waals surface area contributed by atoms with Crippen molar-refractivity contribution in [2.45, 2.75) is 13.8 Å². The molecule has 0 aliphatic rings. The van der Waals surface area contributed by atoms with Crippen molar-refractivity contribution in [2.75, 3.05) is 25.0 Å². The Hall–Kier alpha value is -1.62. The van der Waals surface area contributed by atoms with Crippen LogP contribution in [0.4, 0.5) is 10.1 Å². The van der Waals surface area contributed by atoms with Crippen LogP contribution < -0.4 is 16.4 Å². The molecule has 0 aliphatic heterocycles. The van der Waals surface area contributed by atoms with E-state index in [9.17, 15) is 9.18 Å². The van der Waals surface area contributed by atoms with Crippen LogP contribution in [0, 0.1) is 11.2 Å². The zero-order valence-electron chi connectivity index (χ0n) is 11.0. The first-order chi connectivity index (χ1) is 8.28.